The predicted octanol–water partition coefficient (Wildman–Crippen LogP) is 1.61. The van der Waals surface area contributed by atoms with Crippen LogP contribution in [0.3, 0.4) is 0 Å². The topological polar surface area (TPSA) is 52.3 Å². The summed E-state index contributed by atoms with van der Waals surface area (Å²) in [6, 6.07) is 0. The Kier molecular flexibility index (Phi) is 3.28. The van der Waals surface area contributed by atoms with E-state index in [4.69, 9.17) is 5.73 Å². The highest BCUT2D eigenvalue weighted by Gasteiger charge is 2.47. The lowest BCUT2D eigenvalue weighted by Gasteiger charge is -2.35. The number of hydrogen-bond donors (Lipinski definition) is 1. The van der Waals surface area contributed by atoms with Gasteiger partial charge in [-0.15, -0.1) is 0 Å². The molecule has 1 rings (SSSR count). The molecule has 6 heteroatoms. The van der Waals surface area contributed by atoms with Crippen LogP contribution in [0, 0.1) is 5.92 Å². The average molecular weight is 225 g/mol. The van der Waals surface area contributed by atoms with Crippen LogP contribution in [0.25, 0.3) is 0 Å². The summed E-state index contributed by atoms with van der Waals surface area (Å²) >= 11 is 0. The van der Waals surface area contributed by atoms with Crippen molar-refractivity contribution in [3.63, 3.8) is 0 Å². The lowest BCUT2D eigenvalue weighted by atomic mass is 9.77. The van der Waals surface area contributed by atoms with Crippen molar-refractivity contribution in [1.82, 2.24) is 0 Å². The van der Waals surface area contributed by atoms with Gasteiger partial charge in [0.1, 0.15) is 5.54 Å². The fraction of sp³-hybridized carbons (Fsp3) is 0.889. The summed E-state index contributed by atoms with van der Waals surface area (Å²) in [5.74, 6) is -1.96. The molecule has 88 valence electrons. The number of halogens is 3. The van der Waals surface area contributed by atoms with Crippen LogP contribution in [0.2, 0.25) is 0 Å². The van der Waals surface area contributed by atoms with Gasteiger partial charge in [-0.2, -0.15) is 13.2 Å². The minimum Gasteiger partial charge on any atom is -0.468 e. The number of carbonyl (C=O) groups is 1. The Morgan fingerprint density at radius 2 is 1.87 bits per heavy atom. The Morgan fingerprint density at radius 1 is 1.40 bits per heavy atom. The molecular weight excluding hydrogens is 211 g/mol. The molecule has 3 nitrogen and oxygen atoms in total. The summed E-state index contributed by atoms with van der Waals surface area (Å²) < 4.78 is 41.4. The van der Waals surface area contributed by atoms with Gasteiger partial charge in [0.2, 0.25) is 0 Å². The normalized spacial score (nSPS) is 32.5. The molecule has 0 unspecified atom stereocenters. The SMILES string of the molecule is COC(=O)[C@]1(N)CC[C@H](C(F)(F)F)CC1. The Morgan fingerprint density at radius 3 is 2.20 bits per heavy atom. The van der Waals surface area contributed by atoms with E-state index in [1.807, 2.05) is 0 Å². The minimum atomic E-state index is -4.18. The average Bonchev–Trinajstić information content (AvgIpc) is 2.15. The highest BCUT2D eigenvalue weighted by Crippen LogP contribution is 2.40. The number of esters is 1. The van der Waals surface area contributed by atoms with Crippen molar-refractivity contribution >= 4 is 5.97 Å². The van der Waals surface area contributed by atoms with Gasteiger partial charge in [0, 0.05) is 0 Å². The van der Waals surface area contributed by atoms with Crippen LogP contribution in [0.15, 0.2) is 0 Å². The molecule has 0 amide bonds. The van der Waals surface area contributed by atoms with Crippen LogP contribution >= 0.6 is 0 Å². The highest BCUT2D eigenvalue weighted by molar-refractivity contribution is 5.80. The van der Waals surface area contributed by atoms with Crippen LogP contribution in [-0.4, -0.2) is 24.8 Å². The predicted molar refractivity (Wildman–Crippen MR) is 46.9 cm³/mol. The van der Waals surface area contributed by atoms with Crippen molar-refractivity contribution < 1.29 is 22.7 Å². The van der Waals surface area contributed by atoms with Crippen LogP contribution in [0.5, 0.6) is 0 Å². The van der Waals surface area contributed by atoms with E-state index < -0.39 is 23.6 Å². The maximum atomic E-state index is 12.3. The first kappa shape index (κ1) is 12.3. The summed E-state index contributed by atoms with van der Waals surface area (Å²) in [5.41, 5.74) is 4.45. The quantitative estimate of drug-likeness (QED) is 0.690. The Bertz CT molecular complexity index is 244. The summed E-state index contributed by atoms with van der Waals surface area (Å²) in [7, 11) is 1.19. The molecule has 1 fully saturated rings. The fourth-order valence-corrected chi connectivity index (χ4v) is 1.87. The maximum absolute atomic E-state index is 12.3. The first-order valence-electron chi connectivity index (χ1n) is 4.73. The van der Waals surface area contributed by atoms with E-state index in [-0.39, 0.29) is 25.7 Å². The van der Waals surface area contributed by atoms with E-state index in [0.29, 0.717) is 0 Å². The zero-order chi connectivity index (χ0) is 11.7. The standard InChI is InChI=1S/C9H14F3NO2/c1-15-7(14)8(13)4-2-6(3-5-8)9(10,11)12/h6H,2-5,13H2,1H3/t6-,8-. The number of ether oxygens (including phenoxy) is 1. The molecule has 0 heterocycles. The van der Waals surface area contributed by atoms with Gasteiger partial charge in [-0.1, -0.05) is 0 Å². The van der Waals surface area contributed by atoms with Gasteiger partial charge in [-0.25, -0.2) is 0 Å². The van der Waals surface area contributed by atoms with Crippen LogP contribution < -0.4 is 5.73 Å². The number of carbonyl (C=O) groups excluding carboxylic acids is 1. The lowest BCUT2D eigenvalue weighted by molar-refractivity contribution is -0.187. The monoisotopic (exact) mass is 225 g/mol. The third kappa shape index (κ3) is 2.62. The molecule has 0 atom stereocenters. The summed E-state index contributed by atoms with van der Waals surface area (Å²) in [6.07, 6.45) is -4.32. The van der Waals surface area contributed by atoms with Crippen LogP contribution in [-0.2, 0) is 9.53 Å². The molecule has 0 aromatic rings. The number of methoxy groups -OCH3 is 1. The van der Waals surface area contributed by atoms with Crippen molar-refractivity contribution in [3.05, 3.63) is 0 Å². The molecular formula is C9H14F3NO2. The smallest absolute Gasteiger partial charge is 0.391 e. The number of alkyl halides is 3. The van der Waals surface area contributed by atoms with Crippen molar-refractivity contribution in [3.8, 4) is 0 Å². The van der Waals surface area contributed by atoms with Gasteiger partial charge in [0.05, 0.1) is 13.0 Å². The summed E-state index contributed by atoms with van der Waals surface area (Å²) in [5, 5.41) is 0. The van der Waals surface area contributed by atoms with Crippen LogP contribution in [0.4, 0.5) is 13.2 Å². The number of nitrogens with two attached hydrogens (primary N) is 1. The molecule has 0 spiro atoms. The third-order valence-electron chi connectivity index (χ3n) is 2.93. The molecule has 1 saturated carbocycles. The van der Waals surface area contributed by atoms with E-state index >= 15 is 0 Å². The van der Waals surface area contributed by atoms with Crippen LogP contribution in [0.1, 0.15) is 25.7 Å². The first-order chi connectivity index (χ1) is 6.79. The lowest BCUT2D eigenvalue weighted by Crippen LogP contribution is -2.52. The molecule has 0 aromatic carbocycles. The minimum absolute atomic E-state index is 0.0316. The number of hydrogen-bond acceptors (Lipinski definition) is 3. The Balaban J connectivity index is 2.59. The molecule has 0 aromatic heterocycles. The fourth-order valence-electron chi connectivity index (χ4n) is 1.87. The second-order valence-corrected chi connectivity index (χ2v) is 3.96. The highest BCUT2D eigenvalue weighted by atomic mass is 19.4. The third-order valence-corrected chi connectivity index (χ3v) is 2.93. The maximum Gasteiger partial charge on any atom is 0.391 e. The van der Waals surface area contributed by atoms with Gasteiger partial charge in [-0.3, -0.25) is 4.79 Å². The largest absolute Gasteiger partial charge is 0.468 e. The molecule has 1 aliphatic rings. The molecule has 2 N–H and O–H groups in total. The molecule has 0 saturated heterocycles. The molecule has 1 aliphatic carbocycles. The van der Waals surface area contributed by atoms with Crippen molar-refractivity contribution in [2.24, 2.45) is 11.7 Å². The van der Waals surface area contributed by atoms with Gasteiger partial charge in [0.15, 0.2) is 0 Å². The number of rotatable bonds is 1. The van der Waals surface area contributed by atoms with E-state index in [2.05, 4.69) is 4.74 Å². The molecule has 0 bridgehead atoms. The zero-order valence-electron chi connectivity index (χ0n) is 8.43. The van der Waals surface area contributed by atoms with Crippen molar-refractivity contribution in [2.75, 3.05) is 7.11 Å². The molecule has 0 radical (unpaired) electrons. The second kappa shape index (κ2) is 4.00. The zero-order valence-corrected chi connectivity index (χ0v) is 8.43. The Labute approximate surface area is 85.8 Å². The summed E-state index contributed by atoms with van der Waals surface area (Å²) in [4.78, 5) is 11.2. The second-order valence-electron chi connectivity index (χ2n) is 3.96. The van der Waals surface area contributed by atoms with Crippen molar-refractivity contribution in [2.45, 2.75) is 37.4 Å². The van der Waals surface area contributed by atoms with Gasteiger partial charge in [-0.05, 0) is 25.7 Å². The van der Waals surface area contributed by atoms with E-state index in [1.165, 1.54) is 7.11 Å². The van der Waals surface area contributed by atoms with Crippen molar-refractivity contribution in [1.29, 1.82) is 0 Å². The Hall–Kier alpha value is -0.780. The van der Waals surface area contributed by atoms with E-state index in [0.717, 1.165) is 0 Å². The van der Waals surface area contributed by atoms with Gasteiger partial charge >= 0.3 is 12.1 Å². The molecule has 15 heavy (non-hydrogen) atoms. The van der Waals surface area contributed by atoms with E-state index in [9.17, 15) is 18.0 Å². The van der Waals surface area contributed by atoms with Gasteiger partial charge < -0.3 is 10.5 Å². The summed E-state index contributed by atoms with van der Waals surface area (Å²) in [6.45, 7) is 0. The van der Waals surface area contributed by atoms with E-state index in [1.54, 1.807) is 0 Å². The first-order valence-corrected chi connectivity index (χ1v) is 4.73. The molecule has 0 aliphatic heterocycles. The van der Waals surface area contributed by atoms with Gasteiger partial charge in [0.25, 0.3) is 0 Å².